The molecule has 2 aromatic carbocycles. The van der Waals surface area contributed by atoms with Gasteiger partial charge < -0.3 is 9.30 Å². The van der Waals surface area contributed by atoms with E-state index in [0.717, 1.165) is 23.0 Å². The van der Waals surface area contributed by atoms with Crippen LogP contribution in [-0.4, -0.2) is 10.5 Å². The highest BCUT2D eigenvalue weighted by molar-refractivity contribution is 6.02. The first kappa shape index (κ1) is 14.8. The van der Waals surface area contributed by atoms with Gasteiger partial charge in [0.05, 0.1) is 5.56 Å². The molecule has 6 heteroatoms. The number of cyclic esters (lactones) is 1. The van der Waals surface area contributed by atoms with E-state index < -0.39 is 23.8 Å². The Morgan fingerprint density at radius 1 is 1.08 bits per heavy atom. The molecule has 1 aromatic heterocycles. The van der Waals surface area contributed by atoms with Gasteiger partial charge in [0.25, 0.3) is 0 Å². The molecule has 1 unspecified atom stereocenters. The highest BCUT2D eigenvalue weighted by Crippen LogP contribution is 2.42. The van der Waals surface area contributed by atoms with Crippen molar-refractivity contribution >= 4 is 16.9 Å². The Labute approximate surface area is 135 Å². The molecule has 3 aromatic rings. The maximum Gasteiger partial charge on any atom is 0.416 e. The number of carbonyl (C=O) groups is 1. The quantitative estimate of drug-likeness (QED) is 0.617. The number of hydrogen-bond acceptors (Lipinski definition) is 2. The first-order valence-corrected chi connectivity index (χ1v) is 7.33. The lowest BCUT2D eigenvalue weighted by Gasteiger charge is -2.14. The number of nitrogens with zero attached hydrogens (tertiary/aromatic N) is 1. The van der Waals surface area contributed by atoms with Crippen molar-refractivity contribution in [3.05, 3.63) is 70.9 Å². The number of halogens is 3. The number of benzene rings is 2. The Bertz CT molecular complexity index is 972. The van der Waals surface area contributed by atoms with Crippen molar-refractivity contribution in [3.63, 3.8) is 0 Å². The number of para-hydroxylation sites is 1. The number of aryl methyl sites for hydroxylation is 1. The highest BCUT2D eigenvalue weighted by atomic mass is 19.4. The number of ether oxygens (including phenoxy) is 1. The molecular weight excluding hydrogens is 319 g/mol. The molecule has 1 aliphatic heterocycles. The minimum absolute atomic E-state index is 0.313. The van der Waals surface area contributed by atoms with E-state index in [4.69, 9.17) is 4.74 Å². The molecular formula is C18H12F3NO2. The number of alkyl halides is 3. The Balaban J connectivity index is 1.93. The van der Waals surface area contributed by atoms with Crippen LogP contribution >= 0.6 is 0 Å². The summed E-state index contributed by atoms with van der Waals surface area (Å²) in [6, 6.07) is 12.3. The summed E-state index contributed by atoms with van der Waals surface area (Å²) < 4.78 is 46.0. The maximum atomic E-state index is 13.0. The molecule has 2 heterocycles. The topological polar surface area (TPSA) is 31.2 Å². The van der Waals surface area contributed by atoms with Gasteiger partial charge in [0.15, 0.2) is 6.10 Å². The van der Waals surface area contributed by atoms with E-state index in [1.165, 1.54) is 6.07 Å². The number of aromatic nitrogens is 1. The third-order valence-corrected chi connectivity index (χ3v) is 4.34. The van der Waals surface area contributed by atoms with Crippen LogP contribution in [0.15, 0.2) is 48.5 Å². The molecule has 0 radical (unpaired) electrons. The summed E-state index contributed by atoms with van der Waals surface area (Å²) in [6.45, 7) is 0. The molecule has 122 valence electrons. The lowest BCUT2D eigenvalue weighted by atomic mass is 9.98. The number of fused-ring (bicyclic) bond motifs is 3. The van der Waals surface area contributed by atoms with Crippen molar-refractivity contribution in [2.75, 3.05) is 0 Å². The predicted molar refractivity (Wildman–Crippen MR) is 81.6 cm³/mol. The molecule has 24 heavy (non-hydrogen) atoms. The standard InChI is InChI=1S/C18H12F3NO2/c1-22-13-8-3-2-7-12(13)14-15(22)17(23)24-16(14)10-5-4-6-11(9-10)18(19,20)21/h2-9,16H,1H3. The predicted octanol–water partition coefficient (Wildman–Crippen LogP) is 4.46. The van der Waals surface area contributed by atoms with Crippen LogP contribution in [0.3, 0.4) is 0 Å². The fraction of sp³-hybridized carbons (Fsp3) is 0.167. The van der Waals surface area contributed by atoms with Crippen LogP contribution in [0.1, 0.15) is 33.3 Å². The van der Waals surface area contributed by atoms with Crippen molar-refractivity contribution < 1.29 is 22.7 Å². The monoisotopic (exact) mass is 331 g/mol. The van der Waals surface area contributed by atoms with E-state index in [1.807, 2.05) is 24.3 Å². The number of hydrogen-bond donors (Lipinski definition) is 0. The Morgan fingerprint density at radius 3 is 2.58 bits per heavy atom. The van der Waals surface area contributed by atoms with Crippen molar-refractivity contribution in [1.29, 1.82) is 0 Å². The molecule has 0 saturated carbocycles. The minimum Gasteiger partial charge on any atom is -0.448 e. The van der Waals surface area contributed by atoms with Crippen LogP contribution in [0.5, 0.6) is 0 Å². The normalized spacial score (nSPS) is 17.2. The van der Waals surface area contributed by atoms with Gasteiger partial charge in [-0.15, -0.1) is 0 Å². The molecule has 3 nitrogen and oxygen atoms in total. The summed E-state index contributed by atoms with van der Waals surface area (Å²) in [7, 11) is 1.75. The van der Waals surface area contributed by atoms with Crippen LogP contribution in [0.4, 0.5) is 13.2 Å². The van der Waals surface area contributed by atoms with E-state index in [9.17, 15) is 18.0 Å². The Hall–Kier alpha value is -2.76. The van der Waals surface area contributed by atoms with Crippen LogP contribution in [0.2, 0.25) is 0 Å². The first-order chi connectivity index (χ1) is 11.4. The average molecular weight is 331 g/mol. The molecule has 0 spiro atoms. The van der Waals surface area contributed by atoms with E-state index in [0.29, 0.717) is 16.8 Å². The molecule has 0 saturated heterocycles. The second kappa shape index (κ2) is 4.87. The van der Waals surface area contributed by atoms with Crippen molar-refractivity contribution in [2.45, 2.75) is 12.3 Å². The van der Waals surface area contributed by atoms with Crippen LogP contribution in [0, 0.1) is 0 Å². The van der Waals surface area contributed by atoms with E-state index >= 15 is 0 Å². The Morgan fingerprint density at radius 2 is 1.83 bits per heavy atom. The summed E-state index contributed by atoms with van der Waals surface area (Å²) in [4.78, 5) is 12.3. The van der Waals surface area contributed by atoms with E-state index in [2.05, 4.69) is 0 Å². The summed E-state index contributed by atoms with van der Waals surface area (Å²) in [5.74, 6) is -0.522. The van der Waals surface area contributed by atoms with Crippen molar-refractivity contribution in [1.82, 2.24) is 4.57 Å². The summed E-state index contributed by atoms with van der Waals surface area (Å²) in [6.07, 6.45) is -5.28. The summed E-state index contributed by atoms with van der Waals surface area (Å²) in [5, 5.41) is 0.809. The third-order valence-electron chi connectivity index (χ3n) is 4.34. The zero-order chi connectivity index (χ0) is 17.1. The second-order valence-corrected chi connectivity index (χ2v) is 5.75. The molecule has 4 rings (SSSR count). The number of carbonyl (C=O) groups excluding carboxylic acids is 1. The lowest BCUT2D eigenvalue weighted by molar-refractivity contribution is -0.137. The fourth-order valence-corrected chi connectivity index (χ4v) is 3.27. The molecule has 0 aliphatic carbocycles. The molecule has 1 atom stereocenters. The van der Waals surface area contributed by atoms with Gasteiger partial charge in [0.2, 0.25) is 0 Å². The number of rotatable bonds is 1. The molecule has 0 fully saturated rings. The second-order valence-electron chi connectivity index (χ2n) is 5.75. The molecule has 0 amide bonds. The van der Waals surface area contributed by atoms with Gasteiger partial charge in [-0.05, 0) is 23.8 Å². The number of esters is 1. The van der Waals surface area contributed by atoms with E-state index in [-0.39, 0.29) is 0 Å². The van der Waals surface area contributed by atoms with Crippen molar-refractivity contribution in [3.8, 4) is 0 Å². The largest absolute Gasteiger partial charge is 0.448 e. The fourth-order valence-electron chi connectivity index (χ4n) is 3.27. The third kappa shape index (κ3) is 2.02. The molecule has 0 N–H and O–H groups in total. The van der Waals surface area contributed by atoms with Gasteiger partial charge in [-0.1, -0.05) is 30.3 Å². The highest BCUT2D eigenvalue weighted by Gasteiger charge is 2.39. The van der Waals surface area contributed by atoms with Crippen LogP contribution in [0.25, 0.3) is 10.9 Å². The van der Waals surface area contributed by atoms with E-state index in [1.54, 1.807) is 17.7 Å². The summed E-state index contributed by atoms with van der Waals surface area (Å²) >= 11 is 0. The lowest BCUT2D eigenvalue weighted by Crippen LogP contribution is -2.08. The smallest absolute Gasteiger partial charge is 0.416 e. The molecule has 1 aliphatic rings. The van der Waals surface area contributed by atoms with Gasteiger partial charge >= 0.3 is 12.1 Å². The van der Waals surface area contributed by atoms with Gasteiger partial charge in [0.1, 0.15) is 5.69 Å². The van der Waals surface area contributed by atoms with Crippen LogP contribution in [-0.2, 0) is 18.0 Å². The minimum atomic E-state index is -4.44. The van der Waals surface area contributed by atoms with Crippen LogP contribution < -0.4 is 0 Å². The van der Waals surface area contributed by atoms with Gasteiger partial charge in [-0.25, -0.2) is 4.79 Å². The zero-order valence-corrected chi connectivity index (χ0v) is 12.6. The Kier molecular flexibility index (Phi) is 3.00. The van der Waals surface area contributed by atoms with Gasteiger partial charge in [-0.2, -0.15) is 13.2 Å². The summed E-state index contributed by atoms with van der Waals surface area (Å²) in [5.41, 5.74) is 1.41. The average Bonchev–Trinajstić information content (AvgIpc) is 3.05. The first-order valence-electron chi connectivity index (χ1n) is 7.33. The van der Waals surface area contributed by atoms with Crippen molar-refractivity contribution in [2.24, 2.45) is 7.05 Å². The van der Waals surface area contributed by atoms with Gasteiger partial charge in [0, 0.05) is 23.5 Å². The maximum absolute atomic E-state index is 13.0. The zero-order valence-electron chi connectivity index (χ0n) is 12.6. The SMILES string of the molecule is Cn1c2c(c3ccccc31)C(c1cccc(C(F)(F)F)c1)OC2=O. The van der Waals surface area contributed by atoms with Gasteiger partial charge in [-0.3, -0.25) is 0 Å². The molecule has 0 bridgehead atoms.